The van der Waals surface area contributed by atoms with Gasteiger partial charge in [0, 0.05) is 52.5 Å². The molecule has 0 radical (unpaired) electrons. The van der Waals surface area contributed by atoms with E-state index in [0.29, 0.717) is 66.2 Å². The first-order valence-corrected chi connectivity index (χ1v) is 11.3. The number of rotatable bonds is 6. The predicted octanol–water partition coefficient (Wildman–Crippen LogP) is 4.55. The Balaban J connectivity index is 0.00000204. The van der Waals surface area contributed by atoms with Crippen LogP contribution < -0.4 is 5.32 Å². The molecule has 0 saturated carbocycles. The molecule has 13 heteroatoms. The Morgan fingerprint density at radius 2 is 2.00 bits per heavy atom. The van der Waals surface area contributed by atoms with Crippen LogP contribution in [0.25, 0.3) is 0 Å². The maximum atomic E-state index is 13.4. The molecule has 0 aliphatic carbocycles. The Hall–Kier alpha value is -1.63. The molecule has 1 aromatic heterocycles. The molecule has 7 nitrogen and oxygen atoms in total. The van der Waals surface area contributed by atoms with Crippen molar-refractivity contribution in [3.05, 3.63) is 35.0 Å². The standard InChI is InChI=1S/C21H26F3N5O2S.2ClH/c1-31-12-7-14-13-29(10-9-28(14)8-4-11-30)18-17-19(32-20(27-17)21(22,23)24)26-16-6-3-2-5-15(16)25-18;;/h2-3,5-6,14,26,30H,4,7-13H2,1H3;2*1H. The number of nitrogens with zero attached hydrogens (tertiary/aromatic N) is 4. The lowest BCUT2D eigenvalue weighted by Crippen LogP contribution is -2.55. The number of fused-ring (bicyclic) bond motifs is 2. The summed E-state index contributed by atoms with van der Waals surface area (Å²) in [7, 11) is 1.65. The van der Waals surface area contributed by atoms with Crippen molar-refractivity contribution < 1.29 is 23.0 Å². The molecular formula is C21H28Cl2F3N5O2S. The summed E-state index contributed by atoms with van der Waals surface area (Å²) in [6.45, 7) is 3.37. The molecular weight excluding hydrogens is 514 g/mol. The van der Waals surface area contributed by atoms with E-state index in [1.165, 1.54) is 0 Å². The number of halogens is 5. The van der Waals surface area contributed by atoms with Crippen LogP contribution in [0.3, 0.4) is 0 Å². The number of aliphatic hydroxyl groups is 1. The van der Waals surface area contributed by atoms with E-state index in [2.05, 4.69) is 15.2 Å². The zero-order valence-corrected chi connectivity index (χ0v) is 21.0. The molecule has 2 N–H and O–H groups in total. The van der Waals surface area contributed by atoms with Gasteiger partial charge in [-0.1, -0.05) is 23.5 Å². The number of para-hydroxylation sites is 2. The van der Waals surface area contributed by atoms with Crippen molar-refractivity contribution in [2.45, 2.75) is 25.1 Å². The molecule has 0 spiro atoms. The highest BCUT2D eigenvalue weighted by Gasteiger charge is 2.39. The average Bonchev–Trinajstić information content (AvgIpc) is 3.13. The van der Waals surface area contributed by atoms with Crippen LogP contribution in [0.4, 0.5) is 29.5 Å². The van der Waals surface area contributed by atoms with Crippen molar-refractivity contribution in [1.29, 1.82) is 0 Å². The second-order valence-corrected chi connectivity index (χ2v) is 8.77. The van der Waals surface area contributed by atoms with Crippen molar-refractivity contribution in [3.63, 3.8) is 0 Å². The predicted molar refractivity (Wildman–Crippen MR) is 133 cm³/mol. The van der Waals surface area contributed by atoms with Crippen LogP contribution in [0.15, 0.2) is 29.3 Å². The summed E-state index contributed by atoms with van der Waals surface area (Å²) in [6.07, 6.45) is -3.07. The topological polar surface area (TPSA) is 73.2 Å². The quantitative estimate of drug-likeness (QED) is 0.559. The molecule has 1 saturated heterocycles. The maximum absolute atomic E-state index is 13.4. The normalized spacial score (nSPS) is 18.0. The Labute approximate surface area is 212 Å². The first kappa shape index (κ1) is 28.6. The minimum Gasteiger partial charge on any atom is -0.396 e. The van der Waals surface area contributed by atoms with Gasteiger partial charge >= 0.3 is 6.18 Å². The van der Waals surface area contributed by atoms with E-state index in [4.69, 9.17) is 9.73 Å². The third kappa shape index (κ3) is 6.32. The lowest BCUT2D eigenvalue weighted by Gasteiger charge is -2.42. The van der Waals surface area contributed by atoms with Crippen LogP contribution in [-0.4, -0.2) is 78.3 Å². The van der Waals surface area contributed by atoms with Gasteiger partial charge in [-0.2, -0.15) is 13.2 Å². The number of anilines is 2. The molecule has 34 heavy (non-hydrogen) atoms. The SMILES string of the molecule is COCCC1CN(C2=Nc3ccccc3Nc3sc(C(F)(F)F)nc32)CCN1CCCO.Cl.Cl. The fourth-order valence-electron chi connectivity index (χ4n) is 4.05. The van der Waals surface area contributed by atoms with E-state index in [9.17, 15) is 18.3 Å². The molecule has 0 bridgehead atoms. The summed E-state index contributed by atoms with van der Waals surface area (Å²) < 4.78 is 45.6. The van der Waals surface area contributed by atoms with E-state index in [-0.39, 0.29) is 43.2 Å². The van der Waals surface area contributed by atoms with Gasteiger partial charge in [-0.25, -0.2) is 9.98 Å². The fourth-order valence-corrected chi connectivity index (χ4v) is 4.89. The summed E-state index contributed by atoms with van der Waals surface area (Å²) in [6, 6.07) is 7.44. The second-order valence-electron chi connectivity index (χ2n) is 7.77. The Kier molecular flexibility index (Phi) is 10.4. The number of aromatic nitrogens is 1. The summed E-state index contributed by atoms with van der Waals surface area (Å²) in [5.41, 5.74) is 1.55. The molecule has 2 aliphatic rings. The van der Waals surface area contributed by atoms with Crippen LogP contribution in [0, 0.1) is 0 Å². The zero-order valence-electron chi connectivity index (χ0n) is 18.5. The second kappa shape index (κ2) is 12.4. The number of aliphatic hydroxyl groups excluding tert-OH is 1. The summed E-state index contributed by atoms with van der Waals surface area (Å²) in [5, 5.41) is 11.8. The molecule has 4 rings (SSSR count). The van der Waals surface area contributed by atoms with E-state index >= 15 is 0 Å². The average molecular weight is 542 g/mol. The molecule has 1 fully saturated rings. The van der Waals surface area contributed by atoms with Gasteiger partial charge in [0.1, 0.15) is 10.7 Å². The number of hydrogen-bond donors (Lipinski definition) is 2. The number of methoxy groups -OCH3 is 1. The lowest BCUT2D eigenvalue weighted by atomic mass is 10.1. The number of ether oxygens (including phenoxy) is 1. The number of thiazole rings is 1. The first-order valence-electron chi connectivity index (χ1n) is 10.5. The van der Waals surface area contributed by atoms with Gasteiger partial charge < -0.3 is 20.1 Å². The Morgan fingerprint density at radius 1 is 1.24 bits per heavy atom. The molecule has 0 amide bonds. The highest BCUT2D eigenvalue weighted by molar-refractivity contribution is 7.16. The van der Waals surface area contributed by atoms with Gasteiger partial charge in [0.25, 0.3) is 0 Å². The van der Waals surface area contributed by atoms with Crippen LogP contribution in [0.2, 0.25) is 0 Å². The lowest BCUT2D eigenvalue weighted by molar-refractivity contribution is -0.137. The number of hydrogen-bond acceptors (Lipinski definition) is 8. The molecule has 3 heterocycles. The highest BCUT2D eigenvalue weighted by atomic mass is 35.5. The Bertz CT molecular complexity index is 976. The summed E-state index contributed by atoms with van der Waals surface area (Å²) in [4.78, 5) is 13.1. The smallest absolute Gasteiger partial charge is 0.396 e. The highest BCUT2D eigenvalue weighted by Crippen LogP contribution is 2.42. The summed E-state index contributed by atoms with van der Waals surface area (Å²) >= 11 is 0.600. The van der Waals surface area contributed by atoms with Gasteiger partial charge in [-0.3, -0.25) is 4.90 Å². The molecule has 2 aliphatic heterocycles. The monoisotopic (exact) mass is 541 g/mol. The van der Waals surface area contributed by atoms with E-state index in [1.54, 1.807) is 13.2 Å². The number of piperazine rings is 1. The fraction of sp³-hybridized carbons (Fsp3) is 0.524. The van der Waals surface area contributed by atoms with Crippen molar-refractivity contribution in [2.75, 3.05) is 51.8 Å². The number of amidine groups is 1. The Morgan fingerprint density at radius 3 is 2.71 bits per heavy atom. The third-order valence-electron chi connectivity index (χ3n) is 5.62. The minimum atomic E-state index is -4.52. The number of aliphatic imine (C=N–C) groups is 1. The first-order chi connectivity index (χ1) is 15.4. The van der Waals surface area contributed by atoms with Crippen molar-refractivity contribution in [3.8, 4) is 0 Å². The van der Waals surface area contributed by atoms with Gasteiger partial charge in [0.15, 0.2) is 5.84 Å². The van der Waals surface area contributed by atoms with Crippen LogP contribution in [0.1, 0.15) is 23.5 Å². The van der Waals surface area contributed by atoms with E-state index < -0.39 is 11.2 Å². The molecule has 1 aromatic carbocycles. The number of alkyl halides is 3. The van der Waals surface area contributed by atoms with Crippen molar-refractivity contribution >= 4 is 58.4 Å². The minimum absolute atomic E-state index is 0. The van der Waals surface area contributed by atoms with Crippen LogP contribution >= 0.6 is 36.2 Å². The largest absolute Gasteiger partial charge is 0.443 e. The van der Waals surface area contributed by atoms with Gasteiger partial charge in [0.05, 0.1) is 11.4 Å². The molecule has 1 unspecified atom stereocenters. The van der Waals surface area contributed by atoms with Gasteiger partial charge in [-0.05, 0) is 25.0 Å². The van der Waals surface area contributed by atoms with Crippen molar-refractivity contribution in [1.82, 2.24) is 14.8 Å². The van der Waals surface area contributed by atoms with Crippen LogP contribution in [0.5, 0.6) is 0 Å². The summed E-state index contributed by atoms with van der Waals surface area (Å²) in [5.74, 6) is 0.452. The van der Waals surface area contributed by atoms with Gasteiger partial charge in [0.2, 0.25) is 5.01 Å². The van der Waals surface area contributed by atoms with E-state index in [0.717, 1.165) is 13.0 Å². The van der Waals surface area contributed by atoms with E-state index in [1.807, 2.05) is 23.1 Å². The number of nitrogens with one attached hydrogen (secondary N) is 1. The zero-order chi connectivity index (χ0) is 22.7. The number of benzene rings is 1. The van der Waals surface area contributed by atoms with Crippen molar-refractivity contribution in [2.24, 2.45) is 4.99 Å². The maximum Gasteiger partial charge on any atom is 0.443 e. The molecule has 190 valence electrons. The molecule has 1 atom stereocenters. The van der Waals surface area contributed by atoms with Gasteiger partial charge in [-0.15, -0.1) is 24.8 Å². The van der Waals surface area contributed by atoms with Crippen LogP contribution in [-0.2, 0) is 10.9 Å². The third-order valence-corrected chi connectivity index (χ3v) is 6.64. The molecule has 2 aromatic rings.